The van der Waals surface area contributed by atoms with Gasteiger partial charge in [0, 0.05) is 18.2 Å². The van der Waals surface area contributed by atoms with Gasteiger partial charge >= 0.3 is 0 Å². The van der Waals surface area contributed by atoms with Crippen LogP contribution < -0.4 is 14.8 Å². The average molecular weight is 445 g/mol. The number of amides is 1. The molecule has 1 N–H and O–H groups in total. The molecule has 1 amide bonds. The molecular weight excluding hydrogens is 416 g/mol. The van der Waals surface area contributed by atoms with Crippen molar-refractivity contribution in [2.45, 2.75) is 57.0 Å². The minimum Gasteiger partial charge on any atom is -0.454 e. The SMILES string of the molecule is Cc1ccc(S(=O)(=O)N2CCCC[C@H]2C)cc1C(=O)N[C@H](C)c1ccc2c(c1)OCO2. The number of hydrogen-bond donors (Lipinski definition) is 1. The lowest BCUT2D eigenvalue weighted by molar-refractivity contribution is 0.0939. The molecule has 0 saturated carbocycles. The van der Waals surface area contributed by atoms with Gasteiger partial charge < -0.3 is 14.8 Å². The summed E-state index contributed by atoms with van der Waals surface area (Å²) in [5.41, 5.74) is 1.96. The minimum atomic E-state index is -3.65. The van der Waals surface area contributed by atoms with Gasteiger partial charge in [0.15, 0.2) is 11.5 Å². The Balaban J connectivity index is 1.56. The summed E-state index contributed by atoms with van der Waals surface area (Å²) >= 11 is 0. The van der Waals surface area contributed by atoms with Crippen LogP contribution in [0.1, 0.15) is 60.6 Å². The van der Waals surface area contributed by atoms with E-state index in [1.807, 2.05) is 32.0 Å². The van der Waals surface area contributed by atoms with Crippen LogP contribution in [0.15, 0.2) is 41.3 Å². The number of fused-ring (bicyclic) bond motifs is 1. The first-order chi connectivity index (χ1) is 14.8. The Morgan fingerprint density at radius 1 is 1.13 bits per heavy atom. The van der Waals surface area contributed by atoms with Gasteiger partial charge in [-0.15, -0.1) is 0 Å². The van der Waals surface area contributed by atoms with Gasteiger partial charge in [-0.2, -0.15) is 4.31 Å². The Kier molecular flexibility index (Phi) is 5.94. The van der Waals surface area contributed by atoms with E-state index in [1.54, 1.807) is 23.4 Å². The van der Waals surface area contributed by atoms with Crippen molar-refractivity contribution in [2.24, 2.45) is 0 Å². The van der Waals surface area contributed by atoms with Gasteiger partial charge in [-0.25, -0.2) is 8.42 Å². The molecule has 2 heterocycles. The molecule has 0 bridgehead atoms. The van der Waals surface area contributed by atoms with E-state index in [2.05, 4.69) is 5.32 Å². The Labute approximate surface area is 183 Å². The first-order valence-electron chi connectivity index (χ1n) is 10.6. The lowest BCUT2D eigenvalue weighted by Gasteiger charge is -2.32. The van der Waals surface area contributed by atoms with E-state index in [9.17, 15) is 13.2 Å². The summed E-state index contributed by atoms with van der Waals surface area (Å²) in [5.74, 6) is 1.02. The molecule has 1 saturated heterocycles. The number of carbonyl (C=O) groups is 1. The van der Waals surface area contributed by atoms with Crippen LogP contribution in [-0.2, 0) is 10.0 Å². The molecule has 7 nitrogen and oxygen atoms in total. The molecule has 4 rings (SSSR count). The number of carbonyl (C=O) groups excluding carboxylic acids is 1. The third-order valence-corrected chi connectivity index (χ3v) is 8.06. The molecule has 2 aliphatic heterocycles. The molecule has 0 radical (unpaired) electrons. The van der Waals surface area contributed by atoms with Crippen molar-refractivity contribution in [3.63, 3.8) is 0 Å². The zero-order valence-electron chi connectivity index (χ0n) is 18.1. The highest BCUT2D eigenvalue weighted by molar-refractivity contribution is 7.89. The maximum Gasteiger partial charge on any atom is 0.252 e. The van der Waals surface area contributed by atoms with Gasteiger partial charge in [-0.1, -0.05) is 18.6 Å². The fourth-order valence-electron chi connectivity index (χ4n) is 4.11. The summed E-state index contributed by atoms with van der Waals surface area (Å²) in [6.07, 6.45) is 2.74. The molecule has 31 heavy (non-hydrogen) atoms. The molecule has 0 aromatic heterocycles. The smallest absolute Gasteiger partial charge is 0.252 e. The number of benzene rings is 2. The van der Waals surface area contributed by atoms with E-state index in [1.165, 1.54) is 6.07 Å². The van der Waals surface area contributed by atoms with Crippen LogP contribution in [0, 0.1) is 6.92 Å². The van der Waals surface area contributed by atoms with Crippen LogP contribution >= 0.6 is 0 Å². The van der Waals surface area contributed by atoms with Crippen molar-refractivity contribution >= 4 is 15.9 Å². The van der Waals surface area contributed by atoms with Crippen molar-refractivity contribution in [3.05, 3.63) is 53.1 Å². The minimum absolute atomic E-state index is 0.0386. The number of hydrogen-bond acceptors (Lipinski definition) is 5. The summed E-state index contributed by atoms with van der Waals surface area (Å²) in [6, 6.07) is 9.99. The second-order valence-electron chi connectivity index (χ2n) is 8.25. The van der Waals surface area contributed by atoms with E-state index in [4.69, 9.17) is 9.47 Å². The van der Waals surface area contributed by atoms with Gasteiger partial charge in [0.05, 0.1) is 10.9 Å². The standard InChI is InChI=1S/C23H28N2O5S/c1-15-7-9-19(31(27,28)25-11-5-4-6-16(25)2)13-20(15)23(26)24-17(3)18-8-10-21-22(12-18)30-14-29-21/h7-10,12-13,16-17H,4-6,11,14H2,1-3H3,(H,24,26)/t16-,17-/m1/s1. The highest BCUT2D eigenvalue weighted by Crippen LogP contribution is 2.34. The third kappa shape index (κ3) is 4.27. The highest BCUT2D eigenvalue weighted by Gasteiger charge is 2.31. The van der Waals surface area contributed by atoms with Gasteiger partial charge in [-0.3, -0.25) is 4.79 Å². The molecule has 0 aliphatic carbocycles. The van der Waals surface area contributed by atoms with Gasteiger partial charge in [0.1, 0.15) is 0 Å². The number of nitrogens with one attached hydrogen (secondary N) is 1. The van der Waals surface area contributed by atoms with E-state index >= 15 is 0 Å². The Morgan fingerprint density at radius 2 is 1.90 bits per heavy atom. The molecule has 2 aromatic rings. The molecule has 0 spiro atoms. The van der Waals surface area contributed by atoms with Crippen LogP contribution in [0.25, 0.3) is 0 Å². The average Bonchev–Trinajstić information content (AvgIpc) is 3.22. The zero-order valence-corrected chi connectivity index (χ0v) is 18.9. The fraction of sp³-hybridized carbons (Fsp3) is 0.435. The number of rotatable bonds is 5. The van der Waals surface area contributed by atoms with E-state index in [-0.39, 0.29) is 29.7 Å². The second kappa shape index (κ2) is 8.51. The van der Waals surface area contributed by atoms with Crippen LogP contribution in [0.4, 0.5) is 0 Å². The van der Waals surface area contributed by atoms with E-state index in [0.717, 1.165) is 30.4 Å². The number of piperidine rings is 1. The van der Waals surface area contributed by atoms with Crippen LogP contribution in [0.3, 0.4) is 0 Å². The number of sulfonamides is 1. The number of aryl methyl sites for hydroxylation is 1. The largest absolute Gasteiger partial charge is 0.454 e. The van der Waals surface area contributed by atoms with Gasteiger partial charge in [0.25, 0.3) is 5.91 Å². The van der Waals surface area contributed by atoms with Crippen LogP contribution in [0.2, 0.25) is 0 Å². The third-order valence-electron chi connectivity index (χ3n) is 6.05. The predicted molar refractivity (Wildman–Crippen MR) is 117 cm³/mol. The van der Waals surface area contributed by atoms with Crippen LogP contribution in [0.5, 0.6) is 11.5 Å². The summed E-state index contributed by atoms with van der Waals surface area (Å²) in [6.45, 7) is 6.32. The maximum absolute atomic E-state index is 13.2. The monoisotopic (exact) mass is 444 g/mol. The van der Waals surface area contributed by atoms with Crippen molar-refractivity contribution in [1.82, 2.24) is 9.62 Å². The van der Waals surface area contributed by atoms with Crippen LogP contribution in [-0.4, -0.2) is 38.0 Å². The number of ether oxygens (including phenoxy) is 2. The molecule has 1 fully saturated rings. The molecule has 166 valence electrons. The normalized spacial score (nSPS) is 19.8. The Morgan fingerprint density at radius 3 is 2.68 bits per heavy atom. The lowest BCUT2D eigenvalue weighted by atomic mass is 10.1. The summed E-state index contributed by atoms with van der Waals surface area (Å²) < 4.78 is 38.7. The highest BCUT2D eigenvalue weighted by atomic mass is 32.2. The zero-order chi connectivity index (χ0) is 22.2. The fourth-order valence-corrected chi connectivity index (χ4v) is 5.84. The Hall–Kier alpha value is -2.58. The van der Waals surface area contributed by atoms with E-state index in [0.29, 0.717) is 23.6 Å². The van der Waals surface area contributed by atoms with Gasteiger partial charge in [0.2, 0.25) is 16.8 Å². The first-order valence-corrected chi connectivity index (χ1v) is 12.0. The predicted octanol–water partition coefficient (Wildman–Crippen LogP) is 3.78. The summed E-state index contributed by atoms with van der Waals surface area (Å²) in [5, 5.41) is 2.97. The molecule has 0 unspecified atom stereocenters. The molecule has 2 aliphatic rings. The second-order valence-corrected chi connectivity index (χ2v) is 10.1. The lowest BCUT2D eigenvalue weighted by Crippen LogP contribution is -2.42. The van der Waals surface area contributed by atoms with E-state index < -0.39 is 10.0 Å². The summed E-state index contributed by atoms with van der Waals surface area (Å²) in [4.78, 5) is 13.2. The molecule has 2 aromatic carbocycles. The molecule has 8 heteroatoms. The van der Waals surface area contributed by atoms with Gasteiger partial charge in [-0.05, 0) is 69.0 Å². The quantitative estimate of drug-likeness (QED) is 0.759. The van der Waals surface area contributed by atoms with Crippen molar-refractivity contribution in [2.75, 3.05) is 13.3 Å². The molecule has 2 atom stereocenters. The van der Waals surface area contributed by atoms with Crippen molar-refractivity contribution < 1.29 is 22.7 Å². The summed E-state index contributed by atoms with van der Waals surface area (Å²) in [7, 11) is -3.65. The Bertz CT molecular complexity index is 1100. The number of nitrogens with zero attached hydrogens (tertiary/aromatic N) is 1. The topological polar surface area (TPSA) is 84.9 Å². The molecular formula is C23H28N2O5S. The first kappa shape index (κ1) is 21.6. The maximum atomic E-state index is 13.2. The van der Waals surface area contributed by atoms with Crippen molar-refractivity contribution in [1.29, 1.82) is 0 Å². The van der Waals surface area contributed by atoms with Crippen molar-refractivity contribution in [3.8, 4) is 11.5 Å².